The fourth-order valence-corrected chi connectivity index (χ4v) is 1.45. The van der Waals surface area contributed by atoms with Gasteiger partial charge in [-0.25, -0.2) is 14.3 Å². The van der Waals surface area contributed by atoms with Gasteiger partial charge in [-0.3, -0.25) is 5.32 Å². The fraction of sp³-hybridized carbons (Fsp3) is 0.200. The molecule has 2 heterocycles. The topological polar surface area (TPSA) is 91.2 Å². The van der Waals surface area contributed by atoms with Crippen LogP contribution in [0.25, 0.3) is 0 Å². The van der Waals surface area contributed by atoms with Gasteiger partial charge >= 0.3 is 6.03 Å². The van der Waals surface area contributed by atoms with Crippen LogP contribution in [0.2, 0.25) is 5.28 Å². The molecular formula is C10H10ClN5O3. The summed E-state index contributed by atoms with van der Waals surface area (Å²) < 4.78 is 11.0. The molecule has 8 nitrogen and oxygen atoms in total. The molecular weight excluding hydrogens is 274 g/mol. The standard InChI is InChI=1S/C10H10ClN5O3/c1-18-6-5-7(19-2)14-9(13-6)15-10(17)16-4-3-12-8(16)11/h3-5H,1-2H3,(H,13,14,15,17). The lowest BCUT2D eigenvalue weighted by molar-refractivity contribution is 0.253. The Morgan fingerprint density at radius 2 is 1.95 bits per heavy atom. The van der Waals surface area contributed by atoms with E-state index < -0.39 is 6.03 Å². The van der Waals surface area contributed by atoms with Crippen molar-refractivity contribution in [1.29, 1.82) is 0 Å². The normalized spacial score (nSPS) is 10.1. The molecule has 0 radical (unpaired) electrons. The summed E-state index contributed by atoms with van der Waals surface area (Å²) in [4.78, 5) is 23.5. The smallest absolute Gasteiger partial charge is 0.334 e. The number of aromatic nitrogens is 4. The maximum atomic E-state index is 11.9. The SMILES string of the molecule is COc1cc(OC)nc(NC(=O)n2ccnc2Cl)n1. The minimum absolute atomic E-state index is 0.0333. The number of halogens is 1. The van der Waals surface area contributed by atoms with Gasteiger partial charge in [-0.2, -0.15) is 9.97 Å². The summed E-state index contributed by atoms with van der Waals surface area (Å²) in [6, 6.07) is 0.942. The molecule has 0 bridgehead atoms. The van der Waals surface area contributed by atoms with Crippen LogP contribution in [0.4, 0.5) is 10.7 Å². The molecule has 0 saturated heterocycles. The van der Waals surface area contributed by atoms with E-state index in [0.717, 1.165) is 4.57 Å². The Kier molecular flexibility index (Phi) is 3.81. The van der Waals surface area contributed by atoms with Gasteiger partial charge in [0, 0.05) is 12.4 Å². The summed E-state index contributed by atoms with van der Waals surface area (Å²) in [5, 5.41) is 2.49. The Morgan fingerprint density at radius 3 is 2.42 bits per heavy atom. The third-order valence-corrected chi connectivity index (χ3v) is 2.41. The minimum Gasteiger partial charge on any atom is -0.481 e. The van der Waals surface area contributed by atoms with E-state index in [4.69, 9.17) is 21.1 Å². The molecule has 100 valence electrons. The van der Waals surface area contributed by atoms with Crippen molar-refractivity contribution in [1.82, 2.24) is 19.5 Å². The highest BCUT2D eigenvalue weighted by Gasteiger charge is 2.12. The van der Waals surface area contributed by atoms with E-state index >= 15 is 0 Å². The Morgan fingerprint density at radius 1 is 1.32 bits per heavy atom. The summed E-state index contributed by atoms with van der Waals surface area (Å²) in [6.45, 7) is 0. The van der Waals surface area contributed by atoms with E-state index in [2.05, 4.69) is 20.3 Å². The van der Waals surface area contributed by atoms with Gasteiger partial charge < -0.3 is 9.47 Å². The van der Waals surface area contributed by atoms with Crippen LogP contribution in [-0.4, -0.2) is 39.8 Å². The Hall–Kier alpha value is -2.35. The van der Waals surface area contributed by atoms with Crippen molar-refractivity contribution in [3.63, 3.8) is 0 Å². The van der Waals surface area contributed by atoms with Crippen LogP contribution in [0.5, 0.6) is 11.8 Å². The van der Waals surface area contributed by atoms with Gasteiger partial charge in [0.2, 0.25) is 23.0 Å². The number of methoxy groups -OCH3 is 2. The average molecular weight is 284 g/mol. The van der Waals surface area contributed by atoms with Gasteiger partial charge in [-0.15, -0.1) is 0 Å². The lowest BCUT2D eigenvalue weighted by Gasteiger charge is -2.07. The molecule has 0 saturated carbocycles. The highest BCUT2D eigenvalue weighted by atomic mass is 35.5. The number of imidazole rings is 1. The first-order valence-corrected chi connectivity index (χ1v) is 5.49. The minimum atomic E-state index is -0.544. The Balaban J connectivity index is 2.23. The monoisotopic (exact) mass is 283 g/mol. The summed E-state index contributed by atoms with van der Waals surface area (Å²) >= 11 is 5.72. The first-order chi connectivity index (χ1) is 9.13. The molecule has 1 amide bonds. The second-order valence-electron chi connectivity index (χ2n) is 3.27. The van der Waals surface area contributed by atoms with Gasteiger partial charge in [0.15, 0.2) is 0 Å². The maximum absolute atomic E-state index is 11.9. The van der Waals surface area contributed by atoms with E-state index in [1.807, 2.05) is 0 Å². The van der Waals surface area contributed by atoms with Gasteiger partial charge in [-0.05, 0) is 11.6 Å². The molecule has 0 unspecified atom stereocenters. The van der Waals surface area contributed by atoms with Crippen LogP contribution in [-0.2, 0) is 0 Å². The summed E-state index contributed by atoms with van der Waals surface area (Å²) in [6.07, 6.45) is 2.81. The number of nitrogens with zero attached hydrogens (tertiary/aromatic N) is 4. The molecule has 2 aromatic heterocycles. The lowest BCUT2D eigenvalue weighted by atomic mass is 10.6. The number of hydrogen-bond donors (Lipinski definition) is 1. The third-order valence-electron chi connectivity index (χ3n) is 2.13. The highest BCUT2D eigenvalue weighted by molar-refractivity contribution is 6.29. The third kappa shape index (κ3) is 2.91. The zero-order valence-corrected chi connectivity index (χ0v) is 10.9. The van der Waals surface area contributed by atoms with Gasteiger partial charge in [0.05, 0.1) is 20.3 Å². The van der Waals surface area contributed by atoms with Crippen molar-refractivity contribution in [2.75, 3.05) is 19.5 Å². The van der Waals surface area contributed by atoms with Gasteiger partial charge in [-0.1, -0.05) is 0 Å². The molecule has 9 heteroatoms. The number of carbonyl (C=O) groups is 1. The molecule has 0 aromatic carbocycles. The molecule has 0 aliphatic rings. The van der Waals surface area contributed by atoms with Crippen molar-refractivity contribution in [2.45, 2.75) is 0 Å². The predicted octanol–water partition coefficient (Wildman–Crippen LogP) is 1.42. The van der Waals surface area contributed by atoms with E-state index in [1.165, 1.54) is 32.7 Å². The lowest BCUT2D eigenvalue weighted by Crippen LogP contribution is -2.20. The molecule has 2 rings (SSSR count). The maximum Gasteiger partial charge on any atom is 0.334 e. The quantitative estimate of drug-likeness (QED) is 0.916. The van der Waals surface area contributed by atoms with Gasteiger partial charge in [0.25, 0.3) is 0 Å². The summed E-state index contributed by atoms with van der Waals surface area (Å²) in [7, 11) is 2.89. The fourth-order valence-electron chi connectivity index (χ4n) is 1.26. The van der Waals surface area contributed by atoms with Crippen molar-refractivity contribution in [2.24, 2.45) is 0 Å². The number of rotatable bonds is 3. The van der Waals surface area contributed by atoms with Crippen LogP contribution in [0.15, 0.2) is 18.5 Å². The molecule has 0 fully saturated rings. The summed E-state index contributed by atoms with van der Waals surface area (Å²) in [5.74, 6) is 0.559. The molecule has 1 N–H and O–H groups in total. The first-order valence-electron chi connectivity index (χ1n) is 5.11. The number of ether oxygens (including phenoxy) is 2. The Bertz CT molecular complexity index is 578. The average Bonchev–Trinajstić information content (AvgIpc) is 2.84. The van der Waals surface area contributed by atoms with Crippen LogP contribution in [0, 0.1) is 0 Å². The molecule has 0 aliphatic heterocycles. The van der Waals surface area contributed by atoms with Crippen molar-refractivity contribution < 1.29 is 14.3 Å². The molecule has 0 spiro atoms. The number of amides is 1. The second kappa shape index (κ2) is 5.53. The largest absolute Gasteiger partial charge is 0.481 e. The predicted molar refractivity (Wildman–Crippen MR) is 66.8 cm³/mol. The number of carbonyl (C=O) groups excluding carboxylic acids is 1. The first kappa shape index (κ1) is 13.1. The number of anilines is 1. The van der Waals surface area contributed by atoms with Crippen LogP contribution in [0.3, 0.4) is 0 Å². The van der Waals surface area contributed by atoms with E-state index in [-0.39, 0.29) is 23.0 Å². The van der Waals surface area contributed by atoms with Gasteiger partial charge in [0.1, 0.15) is 0 Å². The highest BCUT2D eigenvalue weighted by Crippen LogP contribution is 2.17. The van der Waals surface area contributed by atoms with Crippen LogP contribution < -0.4 is 14.8 Å². The van der Waals surface area contributed by atoms with E-state index in [1.54, 1.807) is 0 Å². The zero-order chi connectivity index (χ0) is 13.8. The second-order valence-corrected chi connectivity index (χ2v) is 3.61. The van der Waals surface area contributed by atoms with Crippen molar-refractivity contribution in [3.8, 4) is 11.8 Å². The van der Waals surface area contributed by atoms with Crippen LogP contribution in [0.1, 0.15) is 0 Å². The van der Waals surface area contributed by atoms with E-state index in [9.17, 15) is 4.79 Å². The molecule has 0 aliphatic carbocycles. The van der Waals surface area contributed by atoms with E-state index in [0.29, 0.717) is 0 Å². The molecule has 19 heavy (non-hydrogen) atoms. The Labute approximate surface area is 113 Å². The molecule has 2 aromatic rings. The molecule has 0 atom stereocenters. The van der Waals surface area contributed by atoms with Crippen molar-refractivity contribution >= 4 is 23.6 Å². The number of nitrogens with one attached hydrogen (secondary N) is 1. The number of hydrogen-bond acceptors (Lipinski definition) is 6. The van der Waals surface area contributed by atoms with Crippen LogP contribution >= 0.6 is 11.6 Å². The zero-order valence-electron chi connectivity index (χ0n) is 10.1. The summed E-state index contributed by atoms with van der Waals surface area (Å²) in [5.41, 5.74) is 0. The van der Waals surface area contributed by atoms with Crippen molar-refractivity contribution in [3.05, 3.63) is 23.7 Å².